The Morgan fingerprint density at radius 2 is 1.95 bits per heavy atom. The smallest absolute Gasteiger partial charge is 0.141 e. The molecule has 0 aliphatic heterocycles. The third kappa shape index (κ3) is 5.26. The lowest BCUT2D eigenvalue weighted by Gasteiger charge is -2.30. The van der Waals surface area contributed by atoms with Crippen molar-refractivity contribution in [1.29, 1.82) is 0 Å². The lowest BCUT2D eigenvalue weighted by Crippen LogP contribution is -2.44. The van der Waals surface area contributed by atoms with Crippen LogP contribution < -0.4 is 5.73 Å². The maximum absolute atomic E-state index is 10.9. The second kappa shape index (κ2) is 7.59. The van der Waals surface area contributed by atoms with Crippen LogP contribution in [0.15, 0.2) is 18.2 Å². The number of carbonyl (C=O) groups is 1. The Labute approximate surface area is 136 Å². The van der Waals surface area contributed by atoms with Crippen LogP contribution in [0.5, 0.6) is 0 Å². The molecule has 21 heavy (non-hydrogen) atoms. The molecule has 1 aromatic rings. The summed E-state index contributed by atoms with van der Waals surface area (Å²) < 4.78 is 5.81. The van der Waals surface area contributed by atoms with E-state index in [1.165, 1.54) is 0 Å². The molecule has 3 nitrogen and oxygen atoms in total. The van der Waals surface area contributed by atoms with Crippen molar-refractivity contribution in [2.75, 3.05) is 6.61 Å². The van der Waals surface area contributed by atoms with Gasteiger partial charge in [-0.2, -0.15) is 0 Å². The first-order valence-corrected chi connectivity index (χ1v) is 7.75. The van der Waals surface area contributed by atoms with Gasteiger partial charge in [0.1, 0.15) is 6.29 Å². The molecule has 0 fully saturated rings. The molecule has 0 aliphatic rings. The molecule has 0 radical (unpaired) electrons. The molecule has 0 aromatic heterocycles. The number of rotatable bonds is 7. The molecule has 118 valence electrons. The first-order valence-electron chi connectivity index (χ1n) is 6.99. The van der Waals surface area contributed by atoms with Crippen LogP contribution in [0, 0.1) is 5.92 Å². The van der Waals surface area contributed by atoms with Gasteiger partial charge < -0.3 is 15.3 Å². The van der Waals surface area contributed by atoms with Crippen molar-refractivity contribution in [3.63, 3.8) is 0 Å². The largest absolute Gasteiger partial charge is 0.375 e. The highest BCUT2D eigenvalue weighted by Gasteiger charge is 2.28. The highest BCUT2D eigenvalue weighted by atomic mass is 35.5. The number of hydrogen-bond donors (Lipinski definition) is 1. The van der Waals surface area contributed by atoms with Gasteiger partial charge in [-0.3, -0.25) is 0 Å². The number of carbonyl (C=O) groups excluding carboxylic acids is 1. The second-order valence-electron chi connectivity index (χ2n) is 6.08. The first kappa shape index (κ1) is 18.4. The Morgan fingerprint density at radius 1 is 1.33 bits per heavy atom. The molecule has 0 bridgehead atoms. The highest BCUT2D eigenvalue weighted by molar-refractivity contribution is 6.35. The van der Waals surface area contributed by atoms with E-state index < -0.39 is 5.54 Å². The molecule has 0 saturated heterocycles. The number of ether oxygens (including phenoxy) is 1. The predicted molar refractivity (Wildman–Crippen MR) is 88.1 cm³/mol. The Kier molecular flexibility index (Phi) is 6.67. The quantitative estimate of drug-likeness (QED) is 0.766. The van der Waals surface area contributed by atoms with Crippen LogP contribution in [0.25, 0.3) is 0 Å². The van der Waals surface area contributed by atoms with Crippen LogP contribution in [0.4, 0.5) is 0 Å². The topological polar surface area (TPSA) is 52.3 Å². The maximum Gasteiger partial charge on any atom is 0.141 e. The lowest BCUT2D eigenvalue weighted by molar-refractivity contribution is -0.114. The van der Waals surface area contributed by atoms with Gasteiger partial charge in [-0.05, 0) is 37.5 Å². The lowest BCUT2D eigenvalue weighted by atomic mass is 9.84. The molecule has 3 atom stereocenters. The molecule has 0 spiro atoms. The monoisotopic (exact) mass is 331 g/mol. The summed E-state index contributed by atoms with van der Waals surface area (Å²) in [4.78, 5) is 10.9. The minimum atomic E-state index is -0.973. The highest BCUT2D eigenvalue weighted by Crippen LogP contribution is 2.35. The zero-order chi connectivity index (χ0) is 16.2. The minimum absolute atomic E-state index is 0.0946. The Bertz CT molecular complexity index is 489. The average molecular weight is 332 g/mol. The van der Waals surface area contributed by atoms with E-state index >= 15 is 0 Å². The summed E-state index contributed by atoms with van der Waals surface area (Å²) >= 11 is 12.3. The molecule has 5 heteroatoms. The molecule has 0 unspecified atom stereocenters. The van der Waals surface area contributed by atoms with E-state index in [0.29, 0.717) is 22.2 Å². The molecule has 0 saturated carbocycles. The molecule has 2 N–H and O–H groups in total. The summed E-state index contributed by atoms with van der Waals surface area (Å²) in [7, 11) is 0. The van der Waals surface area contributed by atoms with Crippen molar-refractivity contribution in [3.8, 4) is 0 Å². The predicted octanol–water partition coefficient (Wildman–Crippen LogP) is 4.05. The fourth-order valence-electron chi connectivity index (χ4n) is 2.37. The first-order chi connectivity index (χ1) is 9.68. The third-order valence-electron chi connectivity index (χ3n) is 3.47. The minimum Gasteiger partial charge on any atom is -0.375 e. The van der Waals surface area contributed by atoms with Crippen LogP contribution in [0.2, 0.25) is 10.0 Å². The van der Waals surface area contributed by atoms with Crippen molar-refractivity contribution < 1.29 is 9.53 Å². The molecule has 0 heterocycles. The van der Waals surface area contributed by atoms with E-state index in [9.17, 15) is 4.79 Å². The maximum atomic E-state index is 10.9. The number of benzene rings is 1. The van der Waals surface area contributed by atoms with Gasteiger partial charge in [-0.25, -0.2) is 0 Å². The summed E-state index contributed by atoms with van der Waals surface area (Å²) in [5.74, 6) is 0.413. The number of aldehydes is 1. The SMILES string of the molecule is CC(C)[C@H](c1ccc(Cl)cc1Cl)[C@H](C)OC[C@@](C)(N)C=O. The van der Waals surface area contributed by atoms with Gasteiger partial charge in [0.2, 0.25) is 0 Å². The molecule has 0 amide bonds. The van der Waals surface area contributed by atoms with Crippen molar-refractivity contribution >= 4 is 29.5 Å². The average Bonchev–Trinajstić information content (AvgIpc) is 2.39. The molecule has 1 rings (SSSR count). The van der Waals surface area contributed by atoms with Crippen LogP contribution >= 0.6 is 23.2 Å². The van der Waals surface area contributed by atoms with Crippen LogP contribution in [-0.4, -0.2) is 24.5 Å². The normalized spacial score (nSPS) is 17.3. The number of nitrogens with two attached hydrogens (primary N) is 1. The van der Waals surface area contributed by atoms with E-state index in [2.05, 4.69) is 13.8 Å². The summed E-state index contributed by atoms with van der Waals surface area (Å²) in [6.45, 7) is 8.00. The Balaban J connectivity index is 2.93. The fraction of sp³-hybridized carbons (Fsp3) is 0.562. The fourth-order valence-corrected chi connectivity index (χ4v) is 2.91. The van der Waals surface area contributed by atoms with Gasteiger partial charge in [0, 0.05) is 16.0 Å². The summed E-state index contributed by atoms with van der Waals surface area (Å²) in [5, 5.41) is 1.23. The Morgan fingerprint density at radius 3 is 2.43 bits per heavy atom. The molecular weight excluding hydrogens is 309 g/mol. The standard InChI is InChI=1S/C16H23Cl2NO2/c1-10(2)15(11(3)21-9-16(4,19)8-20)13-6-5-12(17)7-14(13)18/h5-8,10-11,15H,9,19H2,1-4H3/t11-,15-,16-/m0/s1. The van der Waals surface area contributed by atoms with E-state index in [4.69, 9.17) is 33.7 Å². The van der Waals surface area contributed by atoms with Crippen molar-refractivity contribution in [3.05, 3.63) is 33.8 Å². The van der Waals surface area contributed by atoms with Crippen LogP contribution in [0.1, 0.15) is 39.2 Å². The third-order valence-corrected chi connectivity index (χ3v) is 4.03. The zero-order valence-electron chi connectivity index (χ0n) is 12.9. The van der Waals surface area contributed by atoms with Crippen LogP contribution in [-0.2, 0) is 9.53 Å². The Hall–Kier alpha value is -0.610. The summed E-state index contributed by atoms with van der Waals surface area (Å²) in [6, 6.07) is 5.49. The number of halogens is 2. The van der Waals surface area contributed by atoms with E-state index in [1.807, 2.05) is 19.1 Å². The van der Waals surface area contributed by atoms with Crippen LogP contribution in [0.3, 0.4) is 0 Å². The van der Waals surface area contributed by atoms with Gasteiger partial charge in [-0.15, -0.1) is 0 Å². The molecule has 0 aliphatic carbocycles. The second-order valence-corrected chi connectivity index (χ2v) is 6.92. The van der Waals surface area contributed by atoms with Gasteiger partial charge in [0.05, 0.1) is 18.2 Å². The van der Waals surface area contributed by atoms with Gasteiger partial charge >= 0.3 is 0 Å². The van der Waals surface area contributed by atoms with Gasteiger partial charge in [-0.1, -0.05) is 43.1 Å². The van der Waals surface area contributed by atoms with Crippen molar-refractivity contribution in [2.45, 2.75) is 45.3 Å². The molecule has 1 aromatic carbocycles. The van der Waals surface area contributed by atoms with E-state index in [0.717, 1.165) is 5.56 Å². The van der Waals surface area contributed by atoms with Gasteiger partial charge in [0.25, 0.3) is 0 Å². The van der Waals surface area contributed by atoms with Gasteiger partial charge in [0.15, 0.2) is 0 Å². The summed E-state index contributed by atoms with van der Waals surface area (Å²) in [6.07, 6.45) is 0.589. The van der Waals surface area contributed by atoms with E-state index in [-0.39, 0.29) is 18.6 Å². The zero-order valence-corrected chi connectivity index (χ0v) is 14.4. The van der Waals surface area contributed by atoms with Crippen molar-refractivity contribution in [2.24, 2.45) is 11.7 Å². The molecular formula is C16H23Cl2NO2. The van der Waals surface area contributed by atoms with Crippen molar-refractivity contribution in [1.82, 2.24) is 0 Å². The number of hydrogen-bond acceptors (Lipinski definition) is 3. The van der Waals surface area contributed by atoms with E-state index in [1.54, 1.807) is 13.0 Å². The summed E-state index contributed by atoms with van der Waals surface area (Å²) in [5.41, 5.74) is 5.81.